The second-order valence-electron chi connectivity index (χ2n) is 5.44. The predicted molar refractivity (Wildman–Crippen MR) is 94.4 cm³/mol. The van der Waals surface area contributed by atoms with Crippen LogP contribution < -0.4 is 5.56 Å². The second-order valence-corrected chi connectivity index (χ2v) is 6.45. The Morgan fingerprint density at radius 3 is 2.88 bits per heavy atom. The second kappa shape index (κ2) is 5.91. The molecule has 2 aromatic heterocycles. The van der Waals surface area contributed by atoms with Crippen molar-refractivity contribution >= 4 is 32.9 Å². The molecule has 0 bridgehead atoms. The Balaban J connectivity index is 2.10. The van der Waals surface area contributed by atoms with E-state index < -0.39 is 5.56 Å². The average molecular weight is 338 g/mol. The van der Waals surface area contributed by atoms with Gasteiger partial charge in [-0.2, -0.15) is 5.26 Å². The highest BCUT2D eigenvalue weighted by Gasteiger charge is 2.15. The van der Waals surface area contributed by atoms with E-state index in [2.05, 4.69) is 9.98 Å². The topological polar surface area (TPSA) is 91.3 Å². The lowest BCUT2D eigenvalue weighted by Crippen LogP contribution is -2.22. The quantitative estimate of drug-likeness (QED) is 0.727. The van der Waals surface area contributed by atoms with E-state index in [-0.39, 0.29) is 11.4 Å². The third-order valence-electron chi connectivity index (χ3n) is 3.80. The van der Waals surface area contributed by atoms with Crippen molar-refractivity contribution in [1.82, 2.24) is 9.55 Å². The van der Waals surface area contributed by atoms with E-state index in [1.54, 1.807) is 6.92 Å². The first-order valence-electron chi connectivity index (χ1n) is 7.16. The molecule has 0 atom stereocenters. The monoisotopic (exact) mass is 338 g/mol. The van der Waals surface area contributed by atoms with Gasteiger partial charge in [0.1, 0.15) is 11.6 Å². The maximum Gasteiger partial charge on any atom is 0.271 e. The van der Waals surface area contributed by atoms with Crippen LogP contribution in [0, 0.1) is 25.2 Å². The zero-order valence-corrected chi connectivity index (χ0v) is 14.2. The number of aromatic nitrogens is 2. The molecule has 24 heavy (non-hydrogen) atoms. The first-order chi connectivity index (χ1) is 11.4. The summed E-state index contributed by atoms with van der Waals surface area (Å²) >= 11 is 1.44. The summed E-state index contributed by atoms with van der Waals surface area (Å²) in [6, 6.07) is 7.83. The molecule has 7 heteroatoms. The number of nitriles is 1. The SMILES string of the molecule is Cc1ccc2nc(/N=C/c3c(C)c(C#N)c(=O)n(C)c3O)sc2c1. The number of fused-ring (bicyclic) bond motifs is 1. The molecular weight excluding hydrogens is 324 g/mol. The van der Waals surface area contributed by atoms with Gasteiger partial charge in [0.15, 0.2) is 0 Å². The van der Waals surface area contributed by atoms with Crippen LogP contribution >= 0.6 is 11.3 Å². The average Bonchev–Trinajstić information content (AvgIpc) is 2.95. The van der Waals surface area contributed by atoms with E-state index in [1.165, 1.54) is 24.6 Å². The van der Waals surface area contributed by atoms with Crippen molar-refractivity contribution in [2.75, 3.05) is 0 Å². The van der Waals surface area contributed by atoms with Crippen LogP contribution in [0.5, 0.6) is 5.88 Å². The molecule has 0 radical (unpaired) electrons. The summed E-state index contributed by atoms with van der Waals surface area (Å²) in [6.07, 6.45) is 1.44. The molecule has 6 nitrogen and oxygen atoms in total. The Labute approximate surface area is 142 Å². The highest BCUT2D eigenvalue weighted by molar-refractivity contribution is 7.22. The summed E-state index contributed by atoms with van der Waals surface area (Å²) in [7, 11) is 1.41. The number of nitrogens with zero attached hydrogens (tertiary/aromatic N) is 4. The third-order valence-corrected chi connectivity index (χ3v) is 4.73. The fourth-order valence-electron chi connectivity index (χ4n) is 2.39. The fourth-order valence-corrected chi connectivity index (χ4v) is 3.30. The normalized spacial score (nSPS) is 11.2. The van der Waals surface area contributed by atoms with Crippen LogP contribution in [0.3, 0.4) is 0 Å². The number of aryl methyl sites for hydroxylation is 1. The lowest BCUT2D eigenvalue weighted by atomic mass is 10.1. The molecule has 0 saturated heterocycles. The van der Waals surface area contributed by atoms with E-state index >= 15 is 0 Å². The standard InChI is InChI=1S/C17H14N4O2S/c1-9-4-5-13-14(6-9)24-17(20-13)19-8-12-10(2)11(7-18)15(22)21(3)16(12)23/h4-6,8,23H,1-3H3/b19-8+. The van der Waals surface area contributed by atoms with Gasteiger partial charge < -0.3 is 5.11 Å². The van der Waals surface area contributed by atoms with Crippen molar-refractivity contribution in [2.24, 2.45) is 12.0 Å². The number of aliphatic imine (C=N–C) groups is 1. The van der Waals surface area contributed by atoms with Gasteiger partial charge in [-0.15, -0.1) is 0 Å². The Morgan fingerprint density at radius 1 is 1.42 bits per heavy atom. The van der Waals surface area contributed by atoms with Gasteiger partial charge in [0.2, 0.25) is 11.0 Å². The molecule has 3 rings (SSSR count). The van der Waals surface area contributed by atoms with Crippen molar-refractivity contribution in [3.05, 3.63) is 50.8 Å². The number of hydrogen-bond donors (Lipinski definition) is 1. The summed E-state index contributed by atoms with van der Waals surface area (Å²) in [5.41, 5.74) is 2.21. The summed E-state index contributed by atoms with van der Waals surface area (Å²) in [5.74, 6) is -0.225. The molecule has 0 amide bonds. The van der Waals surface area contributed by atoms with Crippen LogP contribution in [-0.4, -0.2) is 20.9 Å². The first kappa shape index (κ1) is 15.9. The Morgan fingerprint density at radius 2 is 2.17 bits per heavy atom. The smallest absolute Gasteiger partial charge is 0.271 e. The zero-order valence-electron chi connectivity index (χ0n) is 13.4. The van der Waals surface area contributed by atoms with E-state index in [0.29, 0.717) is 16.3 Å². The van der Waals surface area contributed by atoms with Crippen molar-refractivity contribution in [3.8, 4) is 11.9 Å². The lowest BCUT2D eigenvalue weighted by Gasteiger charge is -2.09. The van der Waals surface area contributed by atoms with Crippen molar-refractivity contribution < 1.29 is 5.11 Å². The molecule has 3 aromatic rings. The molecule has 0 saturated carbocycles. The summed E-state index contributed by atoms with van der Waals surface area (Å²) in [5, 5.41) is 19.9. The van der Waals surface area contributed by atoms with Gasteiger partial charge >= 0.3 is 0 Å². The van der Waals surface area contributed by atoms with Gasteiger partial charge in [-0.25, -0.2) is 9.98 Å². The molecule has 1 N–H and O–H groups in total. The van der Waals surface area contributed by atoms with E-state index in [9.17, 15) is 9.90 Å². The number of thiazole rings is 1. The molecular formula is C17H14N4O2S. The zero-order chi connectivity index (χ0) is 17.4. The summed E-state index contributed by atoms with van der Waals surface area (Å²) < 4.78 is 2.07. The summed E-state index contributed by atoms with van der Waals surface area (Å²) in [6.45, 7) is 3.63. The molecule has 1 aromatic carbocycles. The maximum absolute atomic E-state index is 11.9. The van der Waals surface area contributed by atoms with Gasteiger partial charge in [-0.3, -0.25) is 9.36 Å². The number of aromatic hydroxyl groups is 1. The molecule has 0 aliphatic rings. The van der Waals surface area contributed by atoms with Gasteiger partial charge in [0, 0.05) is 13.3 Å². The number of rotatable bonds is 2. The fraction of sp³-hybridized carbons (Fsp3) is 0.176. The summed E-state index contributed by atoms with van der Waals surface area (Å²) in [4.78, 5) is 20.7. The maximum atomic E-state index is 11.9. The minimum absolute atomic E-state index is 0.00308. The first-order valence-corrected chi connectivity index (χ1v) is 7.98. The lowest BCUT2D eigenvalue weighted by molar-refractivity contribution is 0.421. The molecule has 0 fully saturated rings. The predicted octanol–water partition coefficient (Wildman–Crippen LogP) is 2.94. The van der Waals surface area contributed by atoms with Crippen LogP contribution in [0.15, 0.2) is 28.0 Å². The van der Waals surface area contributed by atoms with Crippen molar-refractivity contribution in [3.63, 3.8) is 0 Å². The van der Waals surface area contributed by atoms with Crippen molar-refractivity contribution in [1.29, 1.82) is 5.26 Å². The van der Waals surface area contributed by atoms with Crippen LogP contribution in [0.1, 0.15) is 22.3 Å². The van der Waals surface area contributed by atoms with Gasteiger partial charge in [0.05, 0.1) is 15.8 Å². The minimum atomic E-state index is -0.528. The highest BCUT2D eigenvalue weighted by Crippen LogP contribution is 2.29. The van der Waals surface area contributed by atoms with E-state index in [4.69, 9.17) is 5.26 Å². The Bertz CT molecular complexity index is 1090. The van der Waals surface area contributed by atoms with Crippen LogP contribution in [-0.2, 0) is 7.05 Å². The van der Waals surface area contributed by atoms with E-state index in [0.717, 1.165) is 20.3 Å². The van der Waals surface area contributed by atoms with Gasteiger partial charge in [-0.05, 0) is 37.1 Å². The van der Waals surface area contributed by atoms with Crippen LogP contribution in [0.25, 0.3) is 10.2 Å². The largest absolute Gasteiger partial charge is 0.494 e. The van der Waals surface area contributed by atoms with Gasteiger partial charge in [-0.1, -0.05) is 17.4 Å². The van der Waals surface area contributed by atoms with Crippen LogP contribution in [0.2, 0.25) is 0 Å². The molecule has 0 aliphatic heterocycles. The molecule has 0 spiro atoms. The molecule has 0 unspecified atom stereocenters. The van der Waals surface area contributed by atoms with Crippen LogP contribution in [0.4, 0.5) is 5.13 Å². The molecule has 2 heterocycles. The minimum Gasteiger partial charge on any atom is -0.494 e. The van der Waals surface area contributed by atoms with E-state index in [1.807, 2.05) is 31.2 Å². The van der Waals surface area contributed by atoms with Gasteiger partial charge in [0.25, 0.3) is 5.56 Å². The molecule has 0 aliphatic carbocycles. The number of benzene rings is 1. The van der Waals surface area contributed by atoms with Crippen molar-refractivity contribution in [2.45, 2.75) is 13.8 Å². The number of hydrogen-bond acceptors (Lipinski definition) is 6. The Hall–Kier alpha value is -2.98. The highest BCUT2D eigenvalue weighted by atomic mass is 32.1. The number of pyridine rings is 1. The molecule has 120 valence electrons. The third kappa shape index (κ3) is 2.57. The Kier molecular flexibility index (Phi) is 3.91.